The lowest BCUT2D eigenvalue weighted by Crippen LogP contribution is -2.00. The van der Waals surface area contributed by atoms with Crippen LogP contribution in [0.2, 0.25) is 0 Å². The second-order valence-corrected chi connectivity index (χ2v) is 5.92. The number of ether oxygens (including phenoxy) is 1. The van der Waals surface area contributed by atoms with Crippen LogP contribution in [0, 0.1) is 0 Å². The molecule has 0 saturated carbocycles. The number of rotatable bonds is 14. The highest BCUT2D eigenvalue weighted by Gasteiger charge is 1.96. The number of alkyl halides is 1. The minimum Gasteiger partial charge on any atom is -0.363 e. The molecule has 0 heterocycles. The maximum absolute atomic E-state index is 5.70. The van der Waals surface area contributed by atoms with E-state index in [1.165, 1.54) is 70.6 Å². The third-order valence-corrected chi connectivity index (χ3v) is 3.47. The van der Waals surface area contributed by atoms with Gasteiger partial charge in [0.15, 0.2) is 0 Å². The SMILES string of the molecule is CCCCCCCCCCCCCCOC(C)Cl. The second-order valence-electron chi connectivity index (χ2n) is 5.30. The highest BCUT2D eigenvalue weighted by Crippen LogP contribution is 2.12. The predicted octanol–water partition coefficient (Wildman–Crippen LogP) is 6.29. The van der Waals surface area contributed by atoms with Gasteiger partial charge in [-0.1, -0.05) is 89.2 Å². The highest BCUT2D eigenvalue weighted by molar-refractivity contribution is 6.19. The molecule has 0 aromatic heterocycles. The van der Waals surface area contributed by atoms with Crippen LogP contribution in [0.25, 0.3) is 0 Å². The van der Waals surface area contributed by atoms with Crippen molar-refractivity contribution in [1.29, 1.82) is 0 Å². The fraction of sp³-hybridized carbons (Fsp3) is 1.00. The highest BCUT2D eigenvalue weighted by atomic mass is 35.5. The van der Waals surface area contributed by atoms with Gasteiger partial charge in [-0.2, -0.15) is 0 Å². The summed E-state index contributed by atoms with van der Waals surface area (Å²) in [6.45, 7) is 4.98. The molecule has 1 nitrogen and oxygen atoms in total. The molecule has 18 heavy (non-hydrogen) atoms. The molecule has 2 heteroatoms. The molecule has 0 amide bonds. The third-order valence-electron chi connectivity index (χ3n) is 3.35. The smallest absolute Gasteiger partial charge is 0.128 e. The molecule has 0 saturated heterocycles. The van der Waals surface area contributed by atoms with Crippen LogP contribution in [0.4, 0.5) is 0 Å². The molecule has 0 aromatic carbocycles. The fourth-order valence-electron chi connectivity index (χ4n) is 2.19. The van der Waals surface area contributed by atoms with E-state index in [4.69, 9.17) is 16.3 Å². The minimum absolute atomic E-state index is 0.127. The molecule has 0 aliphatic carbocycles. The third kappa shape index (κ3) is 16.2. The minimum atomic E-state index is -0.127. The van der Waals surface area contributed by atoms with Gasteiger partial charge in [0.2, 0.25) is 0 Å². The zero-order valence-electron chi connectivity index (χ0n) is 12.6. The van der Waals surface area contributed by atoms with Crippen molar-refractivity contribution >= 4 is 11.6 Å². The first-order valence-corrected chi connectivity index (χ1v) is 8.46. The zero-order valence-corrected chi connectivity index (χ0v) is 13.3. The van der Waals surface area contributed by atoms with Crippen LogP contribution in [0.3, 0.4) is 0 Å². The van der Waals surface area contributed by atoms with Gasteiger partial charge in [0, 0.05) is 6.61 Å². The fourth-order valence-corrected chi connectivity index (χ4v) is 2.28. The lowest BCUT2D eigenvalue weighted by atomic mass is 10.1. The molecule has 1 unspecified atom stereocenters. The Morgan fingerprint density at radius 3 is 1.50 bits per heavy atom. The Bertz CT molecular complexity index is 148. The maximum atomic E-state index is 5.70. The van der Waals surface area contributed by atoms with Gasteiger partial charge in [0.25, 0.3) is 0 Å². The zero-order chi connectivity index (χ0) is 13.5. The van der Waals surface area contributed by atoms with Gasteiger partial charge < -0.3 is 4.74 Å². The van der Waals surface area contributed by atoms with Crippen LogP contribution in [0.5, 0.6) is 0 Å². The first kappa shape index (κ1) is 18.2. The van der Waals surface area contributed by atoms with Crippen molar-refractivity contribution in [1.82, 2.24) is 0 Å². The van der Waals surface area contributed by atoms with Crippen molar-refractivity contribution in [3.05, 3.63) is 0 Å². The van der Waals surface area contributed by atoms with E-state index >= 15 is 0 Å². The van der Waals surface area contributed by atoms with E-state index in [1.807, 2.05) is 6.92 Å². The lowest BCUT2D eigenvalue weighted by Gasteiger charge is -2.05. The largest absolute Gasteiger partial charge is 0.363 e. The molecule has 0 aliphatic heterocycles. The molecular formula is C16H33ClO. The molecule has 0 rings (SSSR count). The average molecular weight is 277 g/mol. The lowest BCUT2D eigenvalue weighted by molar-refractivity contribution is 0.115. The summed E-state index contributed by atoms with van der Waals surface area (Å²) in [5, 5.41) is 0. The van der Waals surface area contributed by atoms with Crippen molar-refractivity contribution < 1.29 is 4.74 Å². The quantitative estimate of drug-likeness (QED) is 0.268. The van der Waals surface area contributed by atoms with Gasteiger partial charge in [-0.25, -0.2) is 0 Å². The molecule has 1 atom stereocenters. The van der Waals surface area contributed by atoms with Crippen LogP contribution in [-0.4, -0.2) is 12.2 Å². The summed E-state index contributed by atoms with van der Waals surface area (Å²) in [4.78, 5) is 0. The summed E-state index contributed by atoms with van der Waals surface area (Å²) in [5.41, 5.74) is -0.127. The summed E-state index contributed by atoms with van der Waals surface area (Å²) >= 11 is 5.70. The normalized spacial score (nSPS) is 12.8. The molecule has 0 aromatic rings. The molecule has 0 aliphatic rings. The van der Waals surface area contributed by atoms with E-state index in [0.717, 1.165) is 13.0 Å². The summed E-state index contributed by atoms with van der Waals surface area (Å²) in [7, 11) is 0. The number of hydrogen-bond donors (Lipinski definition) is 0. The predicted molar refractivity (Wildman–Crippen MR) is 82.3 cm³/mol. The van der Waals surface area contributed by atoms with Crippen molar-refractivity contribution in [2.45, 2.75) is 96.5 Å². The van der Waals surface area contributed by atoms with E-state index in [2.05, 4.69) is 6.92 Å². The molecule has 110 valence electrons. The summed E-state index contributed by atoms with van der Waals surface area (Å²) in [5.74, 6) is 0. The van der Waals surface area contributed by atoms with Gasteiger partial charge >= 0.3 is 0 Å². The van der Waals surface area contributed by atoms with Crippen LogP contribution in [-0.2, 0) is 4.74 Å². The van der Waals surface area contributed by atoms with E-state index in [-0.39, 0.29) is 5.56 Å². The van der Waals surface area contributed by atoms with E-state index < -0.39 is 0 Å². The second kappa shape index (κ2) is 15.3. The number of hydrogen-bond acceptors (Lipinski definition) is 1. The standard InChI is InChI=1S/C16H33ClO/c1-3-4-5-6-7-8-9-10-11-12-13-14-15-18-16(2)17/h16H,3-15H2,1-2H3. The van der Waals surface area contributed by atoms with Gasteiger partial charge in [-0.15, -0.1) is 0 Å². The van der Waals surface area contributed by atoms with Crippen molar-refractivity contribution in [3.63, 3.8) is 0 Å². The molecule has 0 fully saturated rings. The van der Waals surface area contributed by atoms with Crippen molar-refractivity contribution in [3.8, 4) is 0 Å². The average Bonchev–Trinajstić information content (AvgIpc) is 2.34. The van der Waals surface area contributed by atoms with Crippen LogP contribution in [0.1, 0.15) is 90.9 Å². The molecule has 0 bridgehead atoms. The molecule has 0 spiro atoms. The Balaban J connectivity index is 2.90. The molecular weight excluding hydrogens is 244 g/mol. The number of unbranched alkanes of at least 4 members (excludes halogenated alkanes) is 11. The maximum Gasteiger partial charge on any atom is 0.128 e. The Labute approximate surface area is 120 Å². The van der Waals surface area contributed by atoms with E-state index in [9.17, 15) is 0 Å². The Morgan fingerprint density at radius 2 is 1.11 bits per heavy atom. The van der Waals surface area contributed by atoms with Crippen LogP contribution < -0.4 is 0 Å². The van der Waals surface area contributed by atoms with E-state index in [0.29, 0.717) is 0 Å². The first-order chi connectivity index (χ1) is 8.77. The molecule has 0 N–H and O–H groups in total. The topological polar surface area (TPSA) is 9.23 Å². The summed E-state index contributed by atoms with van der Waals surface area (Å²) in [6.07, 6.45) is 16.6. The van der Waals surface area contributed by atoms with Gasteiger partial charge in [0.1, 0.15) is 5.56 Å². The first-order valence-electron chi connectivity index (χ1n) is 8.03. The number of halogens is 1. The van der Waals surface area contributed by atoms with E-state index in [1.54, 1.807) is 0 Å². The van der Waals surface area contributed by atoms with Crippen LogP contribution >= 0.6 is 11.6 Å². The summed E-state index contributed by atoms with van der Waals surface area (Å²) in [6, 6.07) is 0. The Hall–Kier alpha value is 0.250. The van der Waals surface area contributed by atoms with Gasteiger partial charge in [-0.3, -0.25) is 0 Å². The van der Waals surface area contributed by atoms with Crippen LogP contribution in [0.15, 0.2) is 0 Å². The molecule has 0 radical (unpaired) electrons. The summed E-state index contributed by atoms with van der Waals surface area (Å²) < 4.78 is 5.30. The van der Waals surface area contributed by atoms with Crippen molar-refractivity contribution in [2.24, 2.45) is 0 Å². The van der Waals surface area contributed by atoms with Crippen molar-refractivity contribution in [2.75, 3.05) is 6.61 Å². The monoisotopic (exact) mass is 276 g/mol. The Morgan fingerprint density at radius 1 is 0.722 bits per heavy atom. The van der Waals surface area contributed by atoms with Gasteiger partial charge in [-0.05, 0) is 13.3 Å². The van der Waals surface area contributed by atoms with Gasteiger partial charge in [0.05, 0.1) is 0 Å². The Kier molecular flexibility index (Phi) is 15.5.